The molecule has 5 rings (SSSR count). The number of benzene rings is 1. The molecule has 1 aliphatic rings. The first-order chi connectivity index (χ1) is 17.6. The van der Waals surface area contributed by atoms with Crippen molar-refractivity contribution in [1.29, 1.82) is 0 Å². The van der Waals surface area contributed by atoms with E-state index < -0.39 is 6.09 Å². The molecule has 0 aliphatic heterocycles. The zero-order chi connectivity index (χ0) is 25.1. The monoisotopic (exact) mass is 512 g/mol. The van der Waals surface area contributed by atoms with Gasteiger partial charge in [0.05, 0.1) is 43.1 Å². The van der Waals surface area contributed by atoms with Gasteiger partial charge in [-0.05, 0) is 24.5 Å². The van der Waals surface area contributed by atoms with E-state index in [1.54, 1.807) is 38.1 Å². The standard InChI is InChI=1S/C24H28N6O5S/c1-33-8-6-30(5-7-31)24(32)35-15-3-4-16-20(10-15)36-23-21(16)22(25-13-26-23)28-18-9-14-12-27-29-17(14)11-19(18)34-2/h9,11-13,15,31H,3-8,10H2,1-2H3,(H,27,29)(H,25,26,28). The van der Waals surface area contributed by atoms with Crippen LogP contribution in [0.5, 0.6) is 5.75 Å². The highest BCUT2D eigenvalue weighted by Crippen LogP contribution is 2.41. The van der Waals surface area contributed by atoms with Crippen molar-refractivity contribution in [3.63, 3.8) is 0 Å². The summed E-state index contributed by atoms with van der Waals surface area (Å²) in [5.41, 5.74) is 2.85. The zero-order valence-corrected chi connectivity index (χ0v) is 20.9. The van der Waals surface area contributed by atoms with Gasteiger partial charge in [-0.3, -0.25) is 5.10 Å². The number of hydrogen-bond donors (Lipinski definition) is 3. The van der Waals surface area contributed by atoms with Crippen LogP contribution in [0.15, 0.2) is 24.7 Å². The number of aliphatic hydroxyl groups is 1. The molecular weight excluding hydrogens is 484 g/mol. The number of aryl methyl sites for hydroxylation is 1. The van der Waals surface area contributed by atoms with Crippen LogP contribution in [0.2, 0.25) is 0 Å². The molecule has 1 amide bonds. The summed E-state index contributed by atoms with van der Waals surface area (Å²) in [5.74, 6) is 1.39. The molecule has 0 radical (unpaired) electrons. The van der Waals surface area contributed by atoms with Gasteiger partial charge in [-0.2, -0.15) is 5.10 Å². The number of rotatable bonds is 9. The number of carbonyl (C=O) groups is 1. The van der Waals surface area contributed by atoms with Gasteiger partial charge in [-0.1, -0.05) is 0 Å². The fourth-order valence-electron chi connectivity index (χ4n) is 4.47. The molecule has 36 heavy (non-hydrogen) atoms. The lowest BCUT2D eigenvalue weighted by Crippen LogP contribution is -2.39. The van der Waals surface area contributed by atoms with Crippen LogP contribution in [0.3, 0.4) is 0 Å². The van der Waals surface area contributed by atoms with Crippen molar-refractivity contribution >= 4 is 50.1 Å². The molecule has 11 nitrogen and oxygen atoms in total. The Kier molecular flexibility index (Phi) is 7.16. The van der Waals surface area contributed by atoms with Crippen LogP contribution < -0.4 is 10.1 Å². The Morgan fingerprint density at radius 2 is 2.19 bits per heavy atom. The fraction of sp³-hybridized carbons (Fsp3) is 0.417. The molecule has 12 heteroatoms. The van der Waals surface area contributed by atoms with Crippen molar-refractivity contribution in [3.8, 4) is 5.75 Å². The Hall–Kier alpha value is -3.48. The predicted octanol–water partition coefficient (Wildman–Crippen LogP) is 3.25. The smallest absolute Gasteiger partial charge is 0.410 e. The number of methoxy groups -OCH3 is 2. The summed E-state index contributed by atoms with van der Waals surface area (Å²) in [6.07, 6.45) is 4.69. The maximum Gasteiger partial charge on any atom is 0.410 e. The molecular formula is C24H28N6O5S. The number of aliphatic hydroxyl groups excluding tert-OH is 1. The second-order valence-electron chi connectivity index (χ2n) is 8.49. The molecule has 190 valence electrons. The van der Waals surface area contributed by atoms with Gasteiger partial charge in [0, 0.05) is 42.9 Å². The molecule has 3 heterocycles. The molecule has 4 aromatic rings. The van der Waals surface area contributed by atoms with E-state index >= 15 is 0 Å². The molecule has 0 saturated carbocycles. The number of hydrogen-bond acceptors (Lipinski definition) is 10. The van der Waals surface area contributed by atoms with Crippen molar-refractivity contribution in [2.45, 2.75) is 25.4 Å². The number of fused-ring (bicyclic) bond motifs is 4. The normalized spacial score (nSPS) is 15.1. The van der Waals surface area contributed by atoms with E-state index in [2.05, 4.69) is 25.5 Å². The SMILES string of the molecule is COCCN(CCO)C(=O)OC1CCc2c(sc3ncnc(Nc4cc5cn[nH]c5cc4OC)c23)C1. The Bertz CT molecular complexity index is 1370. The van der Waals surface area contributed by atoms with E-state index in [1.807, 2.05) is 12.1 Å². The van der Waals surface area contributed by atoms with Gasteiger partial charge in [0.1, 0.15) is 28.8 Å². The van der Waals surface area contributed by atoms with Crippen LogP contribution in [-0.2, 0) is 22.3 Å². The number of H-pyrrole nitrogens is 1. The highest BCUT2D eigenvalue weighted by Gasteiger charge is 2.29. The number of nitrogens with one attached hydrogen (secondary N) is 2. The third kappa shape index (κ3) is 4.79. The van der Waals surface area contributed by atoms with E-state index in [9.17, 15) is 9.90 Å². The molecule has 0 fully saturated rings. The van der Waals surface area contributed by atoms with E-state index in [-0.39, 0.29) is 19.3 Å². The Morgan fingerprint density at radius 1 is 1.31 bits per heavy atom. The maximum absolute atomic E-state index is 12.7. The van der Waals surface area contributed by atoms with Crippen LogP contribution in [0.25, 0.3) is 21.1 Å². The van der Waals surface area contributed by atoms with Gasteiger partial charge in [-0.15, -0.1) is 11.3 Å². The van der Waals surface area contributed by atoms with Crippen molar-refractivity contribution in [2.24, 2.45) is 0 Å². The molecule has 1 aliphatic carbocycles. The number of anilines is 2. The van der Waals surface area contributed by atoms with Gasteiger partial charge in [-0.25, -0.2) is 14.8 Å². The zero-order valence-electron chi connectivity index (χ0n) is 20.1. The first kappa shape index (κ1) is 24.2. The number of aromatic nitrogens is 4. The second-order valence-corrected chi connectivity index (χ2v) is 9.58. The molecule has 0 bridgehead atoms. The average molecular weight is 513 g/mol. The minimum atomic E-state index is -0.431. The van der Waals surface area contributed by atoms with Gasteiger partial charge in [0.25, 0.3) is 0 Å². The third-order valence-corrected chi connectivity index (χ3v) is 7.44. The molecule has 0 spiro atoms. The summed E-state index contributed by atoms with van der Waals surface area (Å²) < 4.78 is 16.4. The van der Waals surface area contributed by atoms with E-state index in [1.165, 1.54) is 10.5 Å². The Labute approximate surface area is 211 Å². The topological polar surface area (TPSA) is 135 Å². The van der Waals surface area contributed by atoms with E-state index in [0.717, 1.165) is 38.1 Å². The van der Waals surface area contributed by atoms with E-state index in [4.69, 9.17) is 14.2 Å². The molecule has 3 aromatic heterocycles. The van der Waals surface area contributed by atoms with Gasteiger partial charge in [0.15, 0.2) is 0 Å². The number of amides is 1. The number of aromatic amines is 1. The van der Waals surface area contributed by atoms with Gasteiger partial charge < -0.3 is 29.5 Å². The first-order valence-electron chi connectivity index (χ1n) is 11.7. The van der Waals surface area contributed by atoms with Crippen LogP contribution in [-0.4, -0.2) is 82.9 Å². The number of nitrogens with zero attached hydrogens (tertiary/aromatic N) is 4. The number of ether oxygens (including phenoxy) is 3. The second kappa shape index (κ2) is 10.6. The summed E-state index contributed by atoms with van der Waals surface area (Å²) in [7, 11) is 3.20. The lowest BCUT2D eigenvalue weighted by atomic mass is 9.94. The molecule has 1 aromatic carbocycles. The number of thiophene rings is 1. The van der Waals surface area contributed by atoms with Crippen molar-refractivity contribution in [2.75, 3.05) is 45.8 Å². The lowest BCUT2D eigenvalue weighted by molar-refractivity contribution is 0.0448. The molecule has 3 N–H and O–H groups in total. The van der Waals surface area contributed by atoms with Crippen LogP contribution in [0.4, 0.5) is 16.3 Å². The van der Waals surface area contributed by atoms with Crippen LogP contribution in [0, 0.1) is 0 Å². The number of carbonyl (C=O) groups excluding carboxylic acids is 1. The maximum atomic E-state index is 12.7. The van der Waals surface area contributed by atoms with E-state index in [0.29, 0.717) is 37.6 Å². The lowest BCUT2D eigenvalue weighted by Gasteiger charge is -2.27. The molecule has 1 unspecified atom stereocenters. The van der Waals surface area contributed by atoms with Crippen LogP contribution in [0.1, 0.15) is 16.9 Å². The minimum absolute atomic E-state index is 0.128. The summed E-state index contributed by atoms with van der Waals surface area (Å²) >= 11 is 1.60. The quantitative estimate of drug-likeness (QED) is 0.309. The minimum Gasteiger partial charge on any atom is -0.494 e. The van der Waals surface area contributed by atoms with Crippen molar-refractivity contribution in [3.05, 3.63) is 35.1 Å². The molecule has 0 saturated heterocycles. The Morgan fingerprint density at radius 3 is 3.00 bits per heavy atom. The van der Waals surface area contributed by atoms with Crippen molar-refractivity contribution < 1.29 is 24.1 Å². The average Bonchev–Trinajstić information content (AvgIpc) is 3.49. The third-order valence-electron chi connectivity index (χ3n) is 6.27. The first-order valence-corrected chi connectivity index (χ1v) is 12.5. The largest absolute Gasteiger partial charge is 0.494 e. The summed E-state index contributed by atoms with van der Waals surface area (Å²) in [5, 5.41) is 21.7. The van der Waals surface area contributed by atoms with Gasteiger partial charge >= 0.3 is 6.09 Å². The van der Waals surface area contributed by atoms with Crippen LogP contribution >= 0.6 is 11.3 Å². The van der Waals surface area contributed by atoms with Crippen molar-refractivity contribution in [1.82, 2.24) is 25.1 Å². The highest BCUT2D eigenvalue weighted by atomic mass is 32.1. The predicted molar refractivity (Wildman–Crippen MR) is 136 cm³/mol. The fourth-order valence-corrected chi connectivity index (χ4v) is 5.73. The molecule has 1 atom stereocenters. The summed E-state index contributed by atoms with van der Waals surface area (Å²) in [4.78, 5) is 25.2. The highest BCUT2D eigenvalue weighted by molar-refractivity contribution is 7.19. The summed E-state index contributed by atoms with van der Waals surface area (Å²) in [6.45, 7) is 0.834. The van der Waals surface area contributed by atoms with Gasteiger partial charge in [0.2, 0.25) is 0 Å². The summed E-state index contributed by atoms with van der Waals surface area (Å²) in [6, 6.07) is 3.87. The Balaban J connectivity index is 1.38.